The van der Waals surface area contributed by atoms with Crippen molar-refractivity contribution < 1.29 is 14.6 Å². The number of aliphatic carboxylic acids is 1. The summed E-state index contributed by atoms with van der Waals surface area (Å²) in [6.07, 6.45) is 18.3. The fourth-order valence-corrected chi connectivity index (χ4v) is 3.84. The maximum atomic E-state index is 10.6. The largest absolute Gasteiger partial charge is 0.486 e. The number of carboxylic acid groups (broad SMARTS) is 1. The van der Waals surface area contributed by atoms with E-state index in [0.29, 0.717) is 0 Å². The number of nitrogens with zero attached hydrogens (tertiary/aromatic N) is 2. The Morgan fingerprint density at radius 3 is 2.17 bits per heavy atom. The zero-order chi connectivity index (χ0) is 25.0. The van der Waals surface area contributed by atoms with Crippen molar-refractivity contribution in [2.75, 3.05) is 0 Å². The van der Waals surface area contributed by atoms with Crippen molar-refractivity contribution in [3.05, 3.63) is 66.7 Å². The van der Waals surface area contributed by atoms with Crippen LogP contribution in [0.3, 0.4) is 0 Å². The highest BCUT2D eigenvalue weighted by Gasteiger charge is 2.07. The standard InChI is InChI=1S/C30H42N2O3/c1-2-3-4-5-6-8-14-19-28(20-15-9-7-10-16-21-30(33)34)35-29-24-22-27(23-25-29)32-31-26-17-12-11-13-18-26/h11-14,17-19,22-25,28H,2-10,15-16,20-21H2,1H3,(H,33,34)/b19-14+,32-31?. The molecular weight excluding hydrogens is 436 g/mol. The van der Waals surface area contributed by atoms with Crippen LogP contribution in [0.15, 0.2) is 77.0 Å². The summed E-state index contributed by atoms with van der Waals surface area (Å²) in [5, 5.41) is 17.3. The van der Waals surface area contributed by atoms with Gasteiger partial charge in [0.15, 0.2) is 0 Å². The van der Waals surface area contributed by atoms with E-state index in [1.54, 1.807) is 0 Å². The van der Waals surface area contributed by atoms with Crippen molar-refractivity contribution in [3.8, 4) is 5.75 Å². The molecule has 0 heterocycles. The number of azo groups is 1. The van der Waals surface area contributed by atoms with E-state index in [0.717, 1.165) is 62.1 Å². The lowest BCUT2D eigenvalue weighted by molar-refractivity contribution is -0.137. The zero-order valence-electron chi connectivity index (χ0n) is 21.3. The molecule has 0 amide bonds. The molecule has 0 aliphatic heterocycles. The molecule has 2 aromatic rings. The Kier molecular flexibility index (Phi) is 14.9. The van der Waals surface area contributed by atoms with Crippen molar-refractivity contribution in [2.24, 2.45) is 10.2 Å². The number of allylic oxidation sites excluding steroid dienone is 1. The van der Waals surface area contributed by atoms with Crippen LogP contribution in [0.1, 0.15) is 90.4 Å². The van der Waals surface area contributed by atoms with E-state index in [4.69, 9.17) is 9.84 Å². The Morgan fingerprint density at radius 1 is 0.829 bits per heavy atom. The van der Waals surface area contributed by atoms with Gasteiger partial charge in [0.2, 0.25) is 0 Å². The van der Waals surface area contributed by atoms with Gasteiger partial charge in [0.25, 0.3) is 0 Å². The molecule has 1 unspecified atom stereocenters. The van der Waals surface area contributed by atoms with E-state index < -0.39 is 5.97 Å². The second kappa shape index (κ2) is 18.4. The molecule has 0 saturated carbocycles. The van der Waals surface area contributed by atoms with E-state index in [1.165, 1.54) is 32.1 Å². The van der Waals surface area contributed by atoms with Gasteiger partial charge in [0, 0.05) is 6.42 Å². The molecule has 0 spiro atoms. The minimum absolute atomic E-state index is 0.0430. The number of rotatable bonds is 19. The number of benzene rings is 2. The van der Waals surface area contributed by atoms with Crippen LogP contribution in [-0.4, -0.2) is 17.2 Å². The summed E-state index contributed by atoms with van der Waals surface area (Å²) < 4.78 is 6.30. The first-order valence-electron chi connectivity index (χ1n) is 13.3. The lowest BCUT2D eigenvalue weighted by atomic mass is 10.1. The summed E-state index contributed by atoms with van der Waals surface area (Å²) in [5.74, 6) is 0.133. The van der Waals surface area contributed by atoms with Crippen LogP contribution >= 0.6 is 0 Å². The average Bonchev–Trinajstić information content (AvgIpc) is 2.87. The number of unbranched alkanes of at least 4 members (excludes halogenated alkanes) is 9. The molecule has 0 fully saturated rings. The van der Waals surface area contributed by atoms with Gasteiger partial charge in [-0.05, 0) is 74.6 Å². The van der Waals surface area contributed by atoms with Crippen LogP contribution < -0.4 is 4.74 Å². The normalized spacial score (nSPS) is 12.4. The van der Waals surface area contributed by atoms with Crippen molar-refractivity contribution in [2.45, 2.75) is 96.5 Å². The van der Waals surface area contributed by atoms with E-state index in [9.17, 15) is 4.79 Å². The van der Waals surface area contributed by atoms with E-state index >= 15 is 0 Å². The van der Waals surface area contributed by atoms with Gasteiger partial charge in [-0.25, -0.2) is 0 Å². The highest BCUT2D eigenvalue weighted by molar-refractivity contribution is 5.66. The van der Waals surface area contributed by atoms with Crippen LogP contribution in [0.5, 0.6) is 5.75 Å². The van der Waals surface area contributed by atoms with Gasteiger partial charge in [-0.2, -0.15) is 10.2 Å². The summed E-state index contributed by atoms with van der Waals surface area (Å²) in [6, 6.07) is 17.5. The van der Waals surface area contributed by atoms with E-state index in [2.05, 4.69) is 29.3 Å². The highest BCUT2D eigenvalue weighted by atomic mass is 16.5. The minimum atomic E-state index is -0.703. The summed E-state index contributed by atoms with van der Waals surface area (Å²) in [5.41, 5.74) is 1.62. The Labute approximate surface area is 211 Å². The number of hydrogen-bond donors (Lipinski definition) is 1. The molecule has 1 atom stereocenters. The van der Waals surface area contributed by atoms with Gasteiger partial charge in [-0.15, -0.1) is 0 Å². The maximum Gasteiger partial charge on any atom is 0.303 e. The van der Waals surface area contributed by atoms with Gasteiger partial charge in [-0.1, -0.05) is 76.1 Å². The second-order valence-corrected chi connectivity index (χ2v) is 9.02. The maximum absolute atomic E-state index is 10.6. The third-order valence-electron chi connectivity index (χ3n) is 5.87. The molecule has 0 aromatic heterocycles. The summed E-state index contributed by atoms with van der Waals surface area (Å²) >= 11 is 0. The first-order chi connectivity index (χ1) is 17.2. The fraction of sp³-hybridized carbons (Fsp3) is 0.500. The molecule has 0 aliphatic carbocycles. The smallest absolute Gasteiger partial charge is 0.303 e. The molecule has 2 aromatic carbocycles. The highest BCUT2D eigenvalue weighted by Crippen LogP contribution is 2.23. The predicted octanol–water partition coefficient (Wildman–Crippen LogP) is 9.58. The van der Waals surface area contributed by atoms with Gasteiger partial charge in [0.1, 0.15) is 11.9 Å². The topological polar surface area (TPSA) is 71.2 Å². The Balaban J connectivity index is 1.83. The molecule has 0 bridgehead atoms. The lowest BCUT2D eigenvalue weighted by Gasteiger charge is -2.16. The molecule has 35 heavy (non-hydrogen) atoms. The average molecular weight is 479 g/mol. The van der Waals surface area contributed by atoms with Gasteiger partial charge in [0.05, 0.1) is 11.4 Å². The third kappa shape index (κ3) is 14.1. The van der Waals surface area contributed by atoms with Crippen LogP contribution in [0.2, 0.25) is 0 Å². The summed E-state index contributed by atoms with van der Waals surface area (Å²) in [7, 11) is 0. The quantitative estimate of drug-likeness (QED) is 0.124. The Morgan fingerprint density at radius 2 is 1.46 bits per heavy atom. The first kappa shape index (κ1) is 28.3. The number of hydrogen-bond acceptors (Lipinski definition) is 4. The summed E-state index contributed by atoms with van der Waals surface area (Å²) in [6.45, 7) is 2.24. The molecule has 0 radical (unpaired) electrons. The van der Waals surface area contributed by atoms with E-state index in [1.807, 2.05) is 54.6 Å². The second-order valence-electron chi connectivity index (χ2n) is 9.02. The minimum Gasteiger partial charge on any atom is -0.486 e. The van der Waals surface area contributed by atoms with E-state index in [-0.39, 0.29) is 12.5 Å². The molecule has 0 saturated heterocycles. The fourth-order valence-electron chi connectivity index (χ4n) is 3.84. The van der Waals surface area contributed by atoms with Crippen molar-refractivity contribution in [1.82, 2.24) is 0 Å². The Hall–Kier alpha value is -2.95. The molecule has 0 aliphatic rings. The predicted molar refractivity (Wildman–Crippen MR) is 144 cm³/mol. The first-order valence-corrected chi connectivity index (χ1v) is 13.3. The number of carboxylic acids is 1. The molecular formula is C30H42N2O3. The monoisotopic (exact) mass is 478 g/mol. The van der Waals surface area contributed by atoms with Crippen LogP contribution in [0.25, 0.3) is 0 Å². The lowest BCUT2D eigenvalue weighted by Crippen LogP contribution is -2.13. The van der Waals surface area contributed by atoms with Crippen LogP contribution in [0.4, 0.5) is 11.4 Å². The Bertz CT molecular complexity index is 863. The zero-order valence-corrected chi connectivity index (χ0v) is 21.3. The molecule has 1 N–H and O–H groups in total. The molecule has 5 heteroatoms. The summed E-state index contributed by atoms with van der Waals surface area (Å²) in [4.78, 5) is 10.6. The van der Waals surface area contributed by atoms with Crippen molar-refractivity contribution in [1.29, 1.82) is 0 Å². The molecule has 5 nitrogen and oxygen atoms in total. The SMILES string of the molecule is CCCCCCC/C=C/C(CCCCCCCC(=O)O)Oc1ccc(N=Nc2ccccc2)cc1. The number of carbonyl (C=O) groups is 1. The third-order valence-corrected chi connectivity index (χ3v) is 5.87. The van der Waals surface area contributed by atoms with Gasteiger partial charge >= 0.3 is 5.97 Å². The molecule has 190 valence electrons. The molecule has 2 rings (SSSR count). The number of ether oxygens (including phenoxy) is 1. The van der Waals surface area contributed by atoms with Crippen LogP contribution in [0, 0.1) is 0 Å². The van der Waals surface area contributed by atoms with Crippen LogP contribution in [-0.2, 0) is 4.79 Å². The van der Waals surface area contributed by atoms with Gasteiger partial charge < -0.3 is 9.84 Å². The van der Waals surface area contributed by atoms with Crippen molar-refractivity contribution >= 4 is 17.3 Å². The van der Waals surface area contributed by atoms with Gasteiger partial charge in [-0.3, -0.25) is 4.79 Å². The van der Waals surface area contributed by atoms with Crippen molar-refractivity contribution in [3.63, 3.8) is 0 Å².